The van der Waals surface area contributed by atoms with Crippen molar-refractivity contribution >= 4 is 45.4 Å². The first-order valence-corrected chi connectivity index (χ1v) is 18.5. The van der Waals surface area contributed by atoms with E-state index in [0.29, 0.717) is 0 Å². The van der Waals surface area contributed by atoms with E-state index in [1.807, 2.05) is 12.2 Å². The summed E-state index contributed by atoms with van der Waals surface area (Å²) < 4.78 is 0. The number of nitrogens with zero attached hydrogens (tertiary/aromatic N) is 2. The molecule has 48 heavy (non-hydrogen) atoms. The molecule has 8 nitrogen and oxygen atoms in total. The predicted molar refractivity (Wildman–Crippen MR) is 205 cm³/mol. The van der Waals surface area contributed by atoms with Crippen molar-refractivity contribution in [3.8, 4) is 0 Å². The second-order valence-corrected chi connectivity index (χ2v) is 13.7. The summed E-state index contributed by atoms with van der Waals surface area (Å²) in [4.78, 5) is 17.8. The second-order valence-electron chi connectivity index (χ2n) is 13.7. The molecule has 5 heterocycles. The third-order valence-electron chi connectivity index (χ3n) is 9.75. The van der Waals surface area contributed by atoms with Gasteiger partial charge >= 0.3 is 0 Å². The summed E-state index contributed by atoms with van der Waals surface area (Å²) in [7, 11) is 0. The van der Waals surface area contributed by atoms with Crippen LogP contribution in [-0.4, -0.2) is 32.0 Å². The Labute approximate surface area is 286 Å². The summed E-state index contributed by atoms with van der Waals surface area (Å²) in [6.45, 7) is 8.82. The summed E-state index contributed by atoms with van der Waals surface area (Å²) in [5.41, 5.74) is 40.1. The maximum absolute atomic E-state index is 7.28. The Morgan fingerprint density at radius 1 is 0.562 bits per heavy atom. The van der Waals surface area contributed by atoms with E-state index in [4.69, 9.17) is 32.9 Å². The number of nitrogens with one attached hydrogen (secondary N) is 2. The van der Waals surface area contributed by atoms with E-state index >= 15 is 0 Å². The van der Waals surface area contributed by atoms with Gasteiger partial charge in [0.15, 0.2) is 0 Å². The quantitative estimate of drug-likeness (QED) is 0.0710. The Morgan fingerprint density at radius 3 is 1.73 bits per heavy atom. The fraction of sp³-hybridized carbons (Fsp3) is 0.500. The topological polar surface area (TPSA) is 161 Å². The van der Waals surface area contributed by atoms with Crippen molar-refractivity contribution in [2.75, 3.05) is 0 Å². The van der Waals surface area contributed by atoms with Crippen LogP contribution in [0.4, 0.5) is 0 Å². The molecular weight excluding hydrogens is 592 g/mol. The molecule has 4 unspecified atom stereocenters. The van der Waals surface area contributed by atoms with Crippen LogP contribution in [-0.2, 0) is 0 Å². The van der Waals surface area contributed by atoms with Gasteiger partial charge in [-0.25, -0.2) is 9.97 Å². The van der Waals surface area contributed by atoms with Crippen LogP contribution in [0.5, 0.6) is 0 Å². The molecule has 0 fully saturated rings. The number of H-pyrrole nitrogens is 2. The van der Waals surface area contributed by atoms with Crippen LogP contribution >= 0.6 is 0 Å². The monoisotopic (exact) mass is 650 g/mol. The lowest BCUT2D eigenvalue weighted by Crippen LogP contribution is -2.28. The first-order chi connectivity index (χ1) is 23.3. The van der Waals surface area contributed by atoms with Gasteiger partial charge in [0.2, 0.25) is 0 Å². The van der Waals surface area contributed by atoms with Gasteiger partial charge in [-0.15, -0.1) is 0 Å². The van der Waals surface area contributed by atoms with Crippen LogP contribution in [0.15, 0.2) is 36.4 Å². The first-order valence-electron chi connectivity index (χ1n) is 18.5. The fourth-order valence-corrected chi connectivity index (χ4v) is 7.06. The lowest BCUT2D eigenvalue weighted by molar-refractivity contribution is 0.595. The zero-order chi connectivity index (χ0) is 34.2. The Morgan fingerprint density at radius 2 is 1.10 bits per heavy atom. The van der Waals surface area contributed by atoms with E-state index in [-0.39, 0.29) is 24.2 Å². The van der Waals surface area contributed by atoms with E-state index in [1.54, 1.807) is 0 Å². The van der Waals surface area contributed by atoms with Crippen molar-refractivity contribution in [1.29, 1.82) is 0 Å². The summed E-state index contributed by atoms with van der Waals surface area (Å²) in [5, 5.41) is 0. The first kappa shape index (κ1) is 35.7. The second kappa shape index (κ2) is 16.7. The van der Waals surface area contributed by atoms with Gasteiger partial charge in [0.05, 0.1) is 28.3 Å². The van der Waals surface area contributed by atoms with Gasteiger partial charge in [0, 0.05) is 57.4 Å². The minimum Gasteiger partial charge on any atom is -0.355 e. The van der Waals surface area contributed by atoms with Crippen LogP contribution in [0.3, 0.4) is 0 Å². The third kappa shape index (κ3) is 8.17. The van der Waals surface area contributed by atoms with Gasteiger partial charge in [-0.05, 0) is 79.8 Å². The molecule has 0 radical (unpaired) electrons. The zero-order valence-electron chi connectivity index (χ0n) is 29.6. The molecule has 10 N–H and O–H groups in total. The molecule has 0 amide bonds. The van der Waals surface area contributed by atoms with Crippen LogP contribution in [0.25, 0.3) is 45.4 Å². The molecule has 8 bridgehead atoms. The number of unbranched alkanes of at least 4 members (excludes halogenated alkanes) is 4. The molecule has 0 saturated heterocycles. The highest BCUT2D eigenvalue weighted by Gasteiger charge is 2.32. The molecule has 3 aromatic rings. The standard InChI is InChI=1S/C40H58N8/c1-5-9-13-31(41)30-23-29-22-27-18-17-25(45-27)21-26-19-20-28(46-26)24-35-36(32(42)14-10-6-2)37(33(43)15-11-7-3)40(48-35)38(39(30)47-29)34(44)16-12-8-4/h17-24,31-34,45,47H,5-16,41-44H2,1-4H3. The van der Waals surface area contributed by atoms with Crippen molar-refractivity contribution in [3.05, 3.63) is 70.3 Å². The Kier molecular flexibility index (Phi) is 12.4. The molecule has 2 aliphatic rings. The van der Waals surface area contributed by atoms with Crippen LogP contribution < -0.4 is 22.9 Å². The van der Waals surface area contributed by atoms with Gasteiger partial charge < -0.3 is 32.9 Å². The molecule has 4 atom stereocenters. The molecular formula is C40H58N8. The van der Waals surface area contributed by atoms with E-state index in [9.17, 15) is 0 Å². The average molecular weight is 651 g/mol. The van der Waals surface area contributed by atoms with Gasteiger partial charge in [-0.2, -0.15) is 0 Å². The fourth-order valence-electron chi connectivity index (χ4n) is 7.06. The molecule has 0 spiro atoms. The normalized spacial score (nSPS) is 15.6. The Balaban J connectivity index is 1.96. The lowest BCUT2D eigenvalue weighted by Gasteiger charge is -2.23. The van der Waals surface area contributed by atoms with Crippen molar-refractivity contribution in [2.24, 2.45) is 22.9 Å². The summed E-state index contributed by atoms with van der Waals surface area (Å²) in [5.74, 6) is 0. The van der Waals surface area contributed by atoms with Gasteiger partial charge in [0.25, 0.3) is 0 Å². The summed E-state index contributed by atoms with van der Waals surface area (Å²) in [6.07, 6.45) is 15.8. The number of aromatic amines is 2. The summed E-state index contributed by atoms with van der Waals surface area (Å²) in [6, 6.07) is 11.8. The maximum Gasteiger partial charge on any atom is 0.0757 e. The number of rotatable bonds is 16. The van der Waals surface area contributed by atoms with Crippen molar-refractivity contribution < 1.29 is 0 Å². The SMILES string of the molecule is CCCCC(N)C1=C(C(N)CCCC)c2nc1cc1nc(cc3ccc(cc4cc(C(N)CCCC)c([nH]4)c2C(N)CCCC)[nH]3)C=C1. The molecule has 5 rings (SSSR count). The highest BCUT2D eigenvalue weighted by Crippen LogP contribution is 2.42. The molecule has 3 aromatic heterocycles. The van der Waals surface area contributed by atoms with E-state index in [1.165, 1.54) is 0 Å². The number of nitrogens with two attached hydrogens (primary N) is 4. The highest BCUT2D eigenvalue weighted by molar-refractivity contribution is 5.98. The van der Waals surface area contributed by atoms with E-state index in [2.05, 4.69) is 74.1 Å². The lowest BCUT2D eigenvalue weighted by atomic mass is 9.86. The van der Waals surface area contributed by atoms with Gasteiger partial charge in [-0.3, -0.25) is 0 Å². The van der Waals surface area contributed by atoms with E-state index < -0.39 is 0 Å². The number of aromatic nitrogens is 4. The zero-order valence-corrected chi connectivity index (χ0v) is 29.6. The number of hydrogen-bond donors (Lipinski definition) is 6. The number of fused-ring (bicyclic) bond motifs is 8. The predicted octanol–water partition coefficient (Wildman–Crippen LogP) is 8.81. The molecule has 8 heteroatoms. The molecule has 0 aromatic carbocycles. The smallest absolute Gasteiger partial charge is 0.0757 e. The minimum atomic E-state index is -0.276. The van der Waals surface area contributed by atoms with Crippen LogP contribution in [0, 0.1) is 0 Å². The van der Waals surface area contributed by atoms with Crippen LogP contribution in [0.1, 0.15) is 151 Å². The molecule has 0 aliphatic carbocycles. The Bertz CT molecular complexity index is 1760. The molecule has 2 aliphatic heterocycles. The number of hydrogen-bond acceptors (Lipinski definition) is 6. The van der Waals surface area contributed by atoms with Crippen LogP contribution in [0.2, 0.25) is 0 Å². The van der Waals surface area contributed by atoms with Crippen molar-refractivity contribution in [2.45, 2.75) is 129 Å². The third-order valence-corrected chi connectivity index (χ3v) is 9.75. The maximum atomic E-state index is 7.28. The highest BCUT2D eigenvalue weighted by atomic mass is 14.9. The summed E-state index contributed by atoms with van der Waals surface area (Å²) >= 11 is 0. The molecule has 258 valence electrons. The van der Waals surface area contributed by atoms with Crippen molar-refractivity contribution in [1.82, 2.24) is 19.9 Å². The van der Waals surface area contributed by atoms with Crippen molar-refractivity contribution in [3.63, 3.8) is 0 Å². The van der Waals surface area contributed by atoms with Gasteiger partial charge in [-0.1, -0.05) is 79.1 Å². The molecule has 0 saturated carbocycles. The largest absolute Gasteiger partial charge is 0.355 e. The van der Waals surface area contributed by atoms with Gasteiger partial charge in [0.1, 0.15) is 0 Å². The minimum absolute atomic E-state index is 0.155. The average Bonchev–Trinajstić information content (AvgIpc) is 3.88. The van der Waals surface area contributed by atoms with E-state index in [0.717, 1.165) is 144 Å². The Hall–Kier alpha value is -3.56.